The molecule has 1 saturated heterocycles. The zero-order valence-electron chi connectivity index (χ0n) is 9.63. The van der Waals surface area contributed by atoms with Gasteiger partial charge in [-0.2, -0.15) is 0 Å². The second-order valence-corrected chi connectivity index (χ2v) is 5.62. The summed E-state index contributed by atoms with van der Waals surface area (Å²) >= 11 is 1.07. The third kappa shape index (κ3) is 2.98. The van der Waals surface area contributed by atoms with Gasteiger partial charge in [0.05, 0.1) is 19.8 Å². The minimum absolute atomic E-state index is 0.0766. The first-order valence-corrected chi connectivity index (χ1v) is 6.17. The van der Waals surface area contributed by atoms with Gasteiger partial charge in [-0.05, 0) is 0 Å². The molecule has 0 spiro atoms. The zero-order chi connectivity index (χ0) is 13.1. The Hall–Kier alpha value is -0.630. The van der Waals surface area contributed by atoms with E-state index in [0.29, 0.717) is 0 Å². The second kappa shape index (κ2) is 5.81. The fraction of sp³-hybridized carbons (Fsp3) is 0.800. The van der Waals surface area contributed by atoms with E-state index < -0.39 is 25.4 Å². The van der Waals surface area contributed by atoms with Crippen LogP contribution in [0.3, 0.4) is 0 Å². The number of carbonyl (C=O) groups excluding carboxylic acids is 2. The van der Waals surface area contributed by atoms with Crippen molar-refractivity contribution in [2.75, 3.05) is 26.4 Å². The molecule has 0 bridgehead atoms. The Balaban J connectivity index is 2.78. The van der Waals surface area contributed by atoms with E-state index in [1.165, 1.54) is 11.8 Å². The predicted molar refractivity (Wildman–Crippen MR) is 62.4 cm³/mol. The molecule has 0 aromatic rings. The van der Waals surface area contributed by atoms with E-state index in [0.717, 1.165) is 11.8 Å². The number of aliphatic hydroxyl groups excluding tert-OH is 3. The molecule has 1 aliphatic rings. The quantitative estimate of drug-likeness (QED) is 0.563. The first kappa shape index (κ1) is 14.4. The van der Waals surface area contributed by atoms with Gasteiger partial charge in [0.1, 0.15) is 5.54 Å². The third-order valence-corrected chi connectivity index (χ3v) is 3.86. The highest BCUT2D eigenvalue weighted by Crippen LogP contribution is 2.29. The Bertz CT molecular complexity index is 297. The van der Waals surface area contributed by atoms with E-state index in [4.69, 9.17) is 0 Å². The van der Waals surface area contributed by atoms with Crippen molar-refractivity contribution in [2.45, 2.75) is 24.1 Å². The number of thioether (sulfide) groups is 1. The first-order valence-electron chi connectivity index (χ1n) is 5.29. The molecule has 1 rings (SSSR count). The smallest absolute Gasteiger partial charge is 0.224 e. The van der Waals surface area contributed by atoms with E-state index in [2.05, 4.69) is 0 Å². The Morgan fingerprint density at radius 2 is 1.94 bits per heavy atom. The van der Waals surface area contributed by atoms with Gasteiger partial charge in [0.2, 0.25) is 5.91 Å². The normalized spacial score (nSPS) is 21.1. The predicted octanol–water partition coefficient (Wildman–Crippen LogP) is -1.42. The summed E-state index contributed by atoms with van der Waals surface area (Å²) in [4.78, 5) is 24.0. The first-order chi connectivity index (χ1) is 7.99. The lowest BCUT2D eigenvalue weighted by atomic mass is 10.0. The highest BCUT2D eigenvalue weighted by atomic mass is 32.2. The number of likely N-dealkylation sites (tertiary alicyclic amines) is 1. The molecule has 7 heteroatoms. The van der Waals surface area contributed by atoms with Crippen LogP contribution >= 0.6 is 11.8 Å². The summed E-state index contributed by atoms with van der Waals surface area (Å²) in [5, 5.41) is 27.5. The van der Waals surface area contributed by atoms with Crippen molar-refractivity contribution in [1.29, 1.82) is 0 Å². The van der Waals surface area contributed by atoms with Crippen LogP contribution < -0.4 is 0 Å². The monoisotopic (exact) mass is 263 g/mol. The molecule has 1 unspecified atom stereocenters. The van der Waals surface area contributed by atoms with Gasteiger partial charge in [0, 0.05) is 25.1 Å². The summed E-state index contributed by atoms with van der Waals surface area (Å²) in [7, 11) is 0. The van der Waals surface area contributed by atoms with Crippen LogP contribution in [0.25, 0.3) is 0 Å². The van der Waals surface area contributed by atoms with Crippen LogP contribution in [-0.4, -0.2) is 68.4 Å². The molecular formula is C10H17NO5S. The lowest BCUT2D eigenvalue weighted by Crippen LogP contribution is -2.57. The summed E-state index contributed by atoms with van der Waals surface area (Å²) in [6, 6.07) is 0. The largest absolute Gasteiger partial charge is 0.394 e. The summed E-state index contributed by atoms with van der Waals surface area (Å²) in [6.45, 7) is 0.148. The van der Waals surface area contributed by atoms with Crippen molar-refractivity contribution >= 4 is 22.8 Å². The molecule has 3 N–H and O–H groups in total. The van der Waals surface area contributed by atoms with E-state index in [1.807, 2.05) is 0 Å². The Morgan fingerprint density at radius 1 is 1.41 bits per heavy atom. The molecule has 1 heterocycles. The maximum Gasteiger partial charge on any atom is 0.224 e. The van der Waals surface area contributed by atoms with Gasteiger partial charge in [-0.1, -0.05) is 11.8 Å². The number of rotatable bonds is 5. The van der Waals surface area contributed by atoms with Crippen molar-refractivity contribution < 1.29 is 24.9 Å². The van der Waals surface area contributed by atoms with Crippen LogP contribution in [0.4, 0.5) is 0 Å². The van der Waals surface area contributed by atoms with Crippen LogP contribution in [0, 0.1) is 0 Å². The molecule has 0 aromatic heterocycles. The molecule has 1 amide bonds. The van der Waals surface area contributed by atoms with Gasteiger partial charge in [-0.25, -0.2) is 0 Å². The average molecular weight is 263 g/mol. The number of hydrogen-bond acceptors (Lipinski definition) is 6. The maximum absolute atomic E-state index is 11.8. The molecular weight excluding hydrogens is 246 g/mol. The van der Waals surface area contributed by atoms with Gasteiger partial charge in [0.25, 0.3) is 0 Å². The van der Waals surface area contributed by atoms with Crippen molar-refractivity contribution in [3.8, 4) is 0 Å². The minimum Gasteiger partial charge on any atom is -0.394 e. The third-order valence-electron chi connectivity index (χ3n) is 2.88. The van der Waals surface area contributed by atoms with Crippen LogP contribution in [0.1, 0.15) is 13.3 Å². The number of hydrogen-bond donors (Lipinski definition) is 3. The number of amides is 1. The van der Waals surface area contributed by atoms with Gasteiger partial charge < -0.3 is 20.2 Å². The fourth-order valence-corrected chi connectivity index (χ4v) is 2.77. The van der Waals surface area contributed by atoms with Crippen LogP contribution in [0.2, 0.25) is 0 Å². The number of nitrogens with zero attached hydrogens (tertiary/aromatic N) is 1. The van der Waals surface area contributed by atoms with Crippen LogP contribution in [0.15, 0.2) is 0 Å². The summed E-state index contributed by atoms with van der Waals surface area (Å²) in [5.41, 5.74) is -1.33. The second-order valence-electron chi connectivity index (χ2n) is 4.14. The average Bonchev–Trinajstić information content (AvgIpc) is 2.63. The highest BCUT2D eigenvalue weighted by Gasteiger charge is 2.44. The highest BCUT2D eigenvalue weighted by molar-refractivity contribution is 8.14. The topological polar surface area (TPSA) is 98.1 Å². The Labute approximate surface area is 104 Å². The van der Waals surface area contributed by atoms with E-state index >= 15 is 0 Å². The zero-order valence-corrected chi connectivity index (χ0v) is 10.4. The molecule has 1 atom stereocenters. The molecule has 0 saturated carbocycles. The lowest BCUT2D eigenvalue weighted by molar-refractivity contribution is -0.140. The molecule has 98 valence electrons. The Kier molecular flexibility index (Phi) is 4.93. The molecule has 0 aromatic carbocycles. The number of aliphatic hydroxyl groups is 3. The minimum atomic E-state index is -1.33. The summed E-state index contributed by atoms with van der Waals surface area (Å²) in [5.74, 6) is -0.263. The van der Waals surface area contributed by atoms with Crippen LogP contribution in [0.5, 0.6) is 0 Å². The molecule has 1 aliphatic heterocycles. The maximum atomic E-state index is 11.8. The molecule has 6 nitrogen and oxygen atoms in total. The number of carbonyl (C=O) groups is 2. The van der Waals surface area contributed by atoms with Gasteiger partial charge >= 0.3 is 0 Å². The lowest BCUT2D eigenvalue weighted by Gasteiger charge is -2.37. The van der Waals surface area contributed by atoms with E-state index in [9.17, 15) is 24.9 Å². The fourth-order valence-electron chi connectivity index (χ4n) is 1.85. The van der Waals surface area contributed by atoms with Crippen molar-refractivity contribution in [3.05, 3.63) is 0 Å². The van der Waals surface area contributed by atoms with Gasteiger partial charge in [0.15, 0.2) is 5.12 Å². The van der Waals surface area contributed by atoms with Crippen molar-refractivity contribution in [3.63, 3.8) is 0 Å². The SMILES string of the molecule is CC(=O)SC1CC(=O)N(C(CO)(CO)CO)C1. The van der Waals surface area contributed by atoms with Gasteiger partial charge in [-0.3, -0.25) is 9.59 Å². The molecule has 17 heavy (non-hydrogen) atoms. The van der Waals surface area contributed by atoms with Crippen molar-refractivity contribution in [2.24, 2.45) is 0 Å². The standard InChI is InChI=1S/C10H17NO5S/c1-7(15)17-8-2-9(16)11(3-8)10(4-12,5-13)6-14/h8,12-14H,2-6H2,1H3. The van der Waals surface area contributed by atoms with E-state index in [-0.39, 0.29) is 29.2 Å². The summed E-state index contributed by atoms with van der Waals surface area (Å²) in [6.07, 6.45) is 0.187. The van der Waals surface area contributed by atoms with Crippen LogP contribution in [-0.2, 0) is 9.59 Å². The van der Waals surface area contributed by atoms with E-state index in [1.54, 1.807) is 0 Å². The van der Waals surface area contributed by atoms with Crippen molar-refractivity contribution in [1.82, 2.24) is 4.90 Å². The Morgan fingerprint density at radius 3 is 2.35 bits per heavy atom. The summed E-state index contributed by atoms with van der Waals surface area (Å²) < 4.78 is 0. The molecule has 1 fully saturated rings. The molecule has 0 radical (unpaired) electrons. The molecule has 0 aliphatic carbocycles. The van der Waals surface area contributed by atoms with Gasteiger partial charge in [-0.15, -0.1) is 0 Å².